The molecule has 0 aromatic heterocycles. The Labute approximate surface area is 340 Å². The fourth-order valence-electron chi connectivity index (χ4n) is 5.97. The van der Waals surface area contributed by atoms with Gasteiger partial charge in [-0.3, -0.25) is 43.2 Å². The molecular formula is C36H69N6O12P3. The molecule has 1 saturated heterocycles. The normalized spacial score (nSPS) is 16.6. The summed E-state index contributed by atoms with van der Waals surface area (Å²) in [4.78, 5) is 108. The van der Waals surface area contributed by atoms with Gasteiger partial charge in [0, 0.05) is 145 Å². The summed E-state index contributed by atoms with van der Waals surface area (Å²) in [6, 6.07) is 0. The van der Waals surface area contributed by atoms with Crippen LogP contribution in [-0.2, 0) is 33.3 Å². The van der Waals surface area contributed by atoms with Crippen molar-refractivity contribution in [3.63, 3.8) is 0 Å². The number of rotatable bonds is 33. The van der Waals surface area contributed by atoms with E-state index in [1.165, 1.54) is 0 Å². The van der Waals surface area contributed by atoms with E-state index in [-0.39, 0.29) is 62.3 Å². The SMILES string of the molecule is O=CCCCCCNC(=O)CCP(O)CN1CCN(CP(O)CCC(=O)NCCCCCC(=O)O)CCN(CP(=O)(O)CCC(=O)NCCCCCC(=O)O)CC1. The molecule has 0 saturated carbocycles. The minimum Gasteiger partial charge on any atom is -0.481 e. The Morgan fingerprint density at radius 2 is 0.947 bits per heavy atom. The van der Waals surface area contributed by atoms with E-state index >= 15 is 0 Å². The van der Waals surface area contributed by atoms with Gasteiger partial charge in [-0.2, -0.15) is 0 Å². The number of nitrogens with one attached hydrogen (secondary N) is 3. The maximum absolute atomic E-state index is 13.3. The van der Waals surface area contributed by atoms with Crippen LogP contribution in [0.3, 0.4) is 0 Å². The molecule has 1 heterocycles. The van der Waals surface area contributed by atoms with Gasteiger partial charge in [-0.05, 0) is 38.5 Å². The van der Waals surface area contributed by atoms with Crippen molar-refractivity contribution in [2.45, 2.75) is 96.3 Å². The van der Waals surface area contributed by atoms with E-state index in [9.17, 15) is 48.0 Å². The Bertz CT molecular complexity index is 1240. The van der Waals surface area contributed by atoms with Gasteiger partial charge in [0.1, 0.15) is 6.29 Å². The van der Waals surface area contributed by atoms with Gasteiger partial charge in [-0.1, -0.05) is 19.3 Å². The maximum Gasteiger partial charge on any atom is 0.303 e. The third-order valence-electron chi connectivity index (χ3n) is 9.33. The average molecular weight is 871 g/mol. The number of hydrogen-bond donors (Lipinski definition) is 8. The van der Waals surface area contributed by atoms with Crippen molar-refractivity contribution >= 4 is 59.6 Å². The molecule has 1 rings (SSSR count). The predicted octanol–water partition coefficient (Wildman–Crippen LogP) is 2.40. The Balaban J connectivity index is 2.74. The van der Waals surface area contributed by atoms with E-state index in [0.29, 0.717) is 129 Å². The van der Waals surface area contributed by atoms with Gasteiger partial charge >= 0.3 is 11.9 Å². The molecule has 0 aromatic carbocycles. The predicted molar refractivity (Wildman–Crippen MR) is 222 cm³/mol. The van der Waals surface area contributed by atoms with E-state index in [1.807, 2.05) is 4.90 Å². The second-order valence-electron chi connectivity index (χ2n) is 14.5. The lowest BCUT2D eigenvalue weighted by Crippen LogP contribution is -2.37. The zero-order valence-electron chi connectivity index (χ0n) is 33.6. The van der Waals surface area contributed by atoms with Crippen LogP contribution in [0.5, 0.6) is 0 Å². The molecule has 57 heavy (non-hydrogen) atoms. The van der Waals surface area contributed by atoms with Crippen LogP contribution < -0.4 is 16.0 Å². The molecule has 3 atom stereocenters. The summed E-state index contributed by atoms with van der Waals surface area (Å²) in [7, 11) is -6.81. The number of carboxylic acids is 2. The van der Waals surface area contributed by atoms with E-state index in [4.69, 9.17) is 10.2 Å². The first-order valence-electron chi connectivity index (χ1n) is 20.2. The third kappa shape index (κ3) is 31.5. The monoisotopic (exact) mass is 870 g/mol. The highest BCUT2D eigenvalue weighted by Gasteiger charge is 2.27. The summed E-state index contributed by atoms with van der Waals surface area (Å²) in [6.45, 7) is 4.26. The second-order valence-corrected chi connectivity index (χ2v) is 20.4. The van der Waals surface area contributed by atoms with Gasteiger partial charge in [0.2, 0.25) is 25.1 Å². The minimum absolute atomic E-state index is 0.0707. The molecule has 0 aromatic rings. The summed E-state index contributed by atoms with van der Waals surface area (Å²) in [6.07, 6.45) is 8.84. The van der Waals surface area contributed by atoms with Crippen molar-refractivity contribution in [3.8, 4) is 0 Å². The summed E-state index contributed by atoms with van der Waals surface area (Å²) < 4.78 is 13.3. The molecule has 3 amide bonds. The van der Waals surface area contributed by atoms with Crippen LogP contribution in [0.15, 0.2) is 0 Å². The first-order valence-corrected chi connectivity index (χ1v) is 25.6. The van der Waals surface area contributed by atoms with Gasteiger partial charge in [0.15, 0.2) is 0 Å². The number of aliphatic carboxylic acids is 2. The first-order chi connectivity index (χ1) is 27.2. The Morgan fingerprint density at radius 3 is 1.35 bits per heavy atom. The first kappa shape index (κ1) is 52.9. The number of carbonyl (C=O) groups is 6. The zero-order chi connectivity index (χ0) is 42.3. The van der Waals surface area contributed by atoms with E-state index < -0.39 is 35.6 Å². The highest BCUT2D eigenvalue weighted by atomic mass is 31.2. The van der Waals surface area contributed by atoms with Gasteiger partial charge < -0.3 is 45.6 Å². The lowest BCUT2D eigenvalue weighted by atomic mass is 10.2. The Morgan fingerprint density at radius 1 is 0.561 bits per heavy atom. The van der Waals surface area contributed by atoms with Crippen LogP contribution in [0.1, 0.15) is 96.3 Å². The molecular weight excluding hydrogens is 801 g/mol. The van der Waals surface area contributed by atoms with Crippen molar-refractivity contribution in [1.29, 1.82) is 0 Å². The Kier molecular flexibility index (Phi) is 30.3. The fourth-order valence-corrected chi connectivity index (χ4v) is 10.3. The maximum atomic E-state index is 13.3. The molecule has 18 nitrogen and oxygen atoms in total. The lowest BCUT2D eigenvalue weighted by Gasteiger charge is -2.28. The highest BCUT2D eigenvalue weighted by Crippen LogP contribution is 2.42. The third-order valence-corrected chi connectivity index (χ3v) is 14.0. The molecule has 1 aliphatic rings. The summed E-state index contributed by atoms with van der Waals surface area (Å²) in [5.74, 6) is -2.37. The molecule has 21 heteroatoms. The fraction of sp³-hybridized carbons (Fsp3) is 0.833. The van der Waals surface area contributed by atoms with Crippen molar-refractivity contribution in [2.24, 2.45) is 0 Å². The molecule has 1 aliphatic heterocycles. The number of carboxylic acid groups (broad SMARTS) is 2. The van der Waals surface area contributed by atoms with E-state index in [2.05, 4.69) is 25.8 Å². The topological polar surface area (TPSA) is 266 Å². The number of carbonyl (C=O) groups excluding carboxylic acids is 4. The molecule has 0 radical (unpaired) electrons. The molecule has 0 bridgehead atoms. The molecule has 0 aliphatic carbocycles. The smallest absolute Gasteiger partial charge is 0.303 e. The van der Waals surface area contributed by atoms with Crippen LogP contribution in [0.4, 0.5) is 0 Å². The average Bonchev–Trinajstić information content (AvgIpc) is 3.23. The van der Waals surface area contributed by atoms with Crippen LogP contribution in [0, 0.1) is 0 Å². The number of amides is 3. The number of unbranched alkanes of at least 4 members (excludes halogenated alkanes) is 7. The summed E-state index contributed by atoms with van der Waals surface area (Å²) >= 11 is 0. The largest absolute Gasteiger partial charge is 0.481 e. The number of hydrogen-bond acceptors (Lipinski definition) is 12. The van der Waals surface area contributed by atoms with Crippen molar-refractivity contribution in [1.82, 2.24) is 30.7 Å². The van der Waals surface area contributed by atoms with Gasteiger partial charge in [0.05, 0.1) is 6.29 Å². The van der Waals surface area contributed by atoms with Gasteiger partial charge in [-0.25, -0.2) is 0 Å². The zero-order valence-corrected chi connectivity index (χ0v) is 36.3. The van der Waals surface area contributed by atoms with Crippen LogP contribution in [-0.4, -0.2) is 172 Å². The van der Waals surface area contributed by atoms with Gasteiger partial charge in [0.25, 0.3) is 0 Å². The van der Waals surface area contributed by atoms with E-state index in [1.54, 1.807) is 0 Å². The van der Waals surface area contributed by atoms with Crippen LogP contribution >= 0.6 is 23.7 Å². The number of aldehydes is 1. The van der Waals surface area contributed by atoms with Crippen molar-refractivity contribution in [3.05, 3.63) is 0 Å². The quantitative estimate of drug-likeness (QED) is 0.0267. The molecule has 3 unspecified atom stereocenters. The van der Waals surface area contributed by atoms with Crippen molar-refractivity contribution in [2.75, 3.05) is 96.2 Å². The Hall–Kier alpha value is -2.13. The molecule has 0 spiro atoms. The standard InChI is InChI=1S/C36H69N6O12P3/c43-25-10-2-1-7-16-37-32(44)13-26-55(51)29-40-19-20-41(30-56(52)27-14-33(45)38-17-8-3-5-11-35(47)48)22-24-42(23-21-40)31-57(53,54)28-15-34(46)39-18-9-4-6-12-36(49)50/h25,51-52H,1-24,26-31H2,(H,37,44)(H,38,45)(H,39,46)(H,47,48)(H,49,50)(H,53,54). The van der Waals surface area contributed by atoms with Gasteiger partial charge in [-0.15, -0.1) is 0 Å². The lowest BCUT2D eigenvalue weighted by molar-refractivity contribution is -0.138. The van der Waals surface area contributed by atoms with Crippen molar-refractivity contribution < 1.29 is 58.2 Å². The summed E-state index contributed by atoms with van der Waals surface area (Å²) in [5, 5.41) is 25.9. The summed E-state index contributed by atoms with van der Waals surface area (Å²) in [5.41, 5.74) is 0. The van der Waals surface area contributed by atoms with E-state index in [0.717, 1.165) is 25.5 Å². The number of nitrogens with zero attached hydrogens (tertiary/aromatic N) is 3. The van der Waals surface area contributed by atoms with Crippen LogP contribution in [0.2, 0.25) is 0 Å². The highest BCUT2D eigenvalue weighted by molar-refractivity contribution is 7.57. The molecule has 330 valence electrons. The second kappa shape index (κ2) is 32.7. The molecule has 8 N–H and O–H groups in total. The van der Waals surface area contributed by atoms with Crippen LogP contribution in [0.25, 0.3) is 0 Å². The molecule has 1 fully saturated rings. The minimum atomic E-state index is -3.76.